The van der Waals surface area contributed by atoms with Crippen LogP contribution >= 0.6 is 0 Å². The number of quaternary nitrogens is 1. The van der Waals surface area contributed by atoms with Gasteiger partial charge in [0.1, 0.15) is 5.60 Å². The summed E-state index contributed by atoms with van der Waals surface area (Å²) >= 11 is 0. The predicted molar refractivity (Wildman–Crippen MR) is 167 cm³/mol. The number of hydrogen-bond acceptors (Lipinski definition) is 5. The van der Waals surface area contributed by atoms with Gasteiger partial charge in [-0.05, 0) is 58.6 Å². The van der Waals surface area contributed by atoms with Crippen LogP contribution in [-0.4, -0.2) is 34.5 Å². The molecular formula is C36H40BN3O3. The Morgan fingerprint density at radius 3 is 2.14 bits per heavy atom. The molecule has 4 aromatic rings. The third-order valence-electron chi connectivity index (χ3n) is 11.3. The summed E-state index contributed by atoms with van der Waals surface area (Å²) in [6, 6.07) is 31.0. The molecule has 2 saturated heterocycles. The second-order valence-electron chi connectivity index (χ2n) is 14.1. The Morgan fingerprint density at radius 1 is 0.860 bits per heavy atom. The topological polar surface area (TPSA) is 68.9 Å². The van der Waals surface area contributed by atoms with Gasteiger partial charge in [-0.15, -0.1) is 0 Å². The fourth-order valence-electron chi connectivity index (χ4n) is 9.52. The second kappa shape index (κ2) is 9.32. The summed E-state index contributed by atoms with van der Waals surface area (Å²) in [6.45, 7) is 7.15. The molecule has 0 radical (unpaired) electrons. The molecule has 3 fully saturated rings. The molecule has 2 aliphatic heterocycles. The van der Waals surface area contributed by atoms with Gasteiger partial charge >= 0.3 is 6.89 Å². The minimum atomic E-state index is -2.77. The zero-order chi connectivity index (χ0) is 29.6. The summed E-state index contributed by atoms with van der Waals surface area (Å²) in [5, 5.41) is 12.9. The van der Waals surface area contributed by atoms with E-state index in [1.165, 1.54) is 5.56 Å². The summed E-state index contributed by atoms with van der Waals surface area (Å²) < 4.78 is 14.5. The van der Waals surface area contributed by atoms with Crippen LogP contribution in [0, 0.1) is 17.3 Å². The molecule has 2 aromatic heterocycles. The molecule has 43 heavy (non-hydrogen) atoms. The predicted octanol–water partition coefficient (Wildman–Crippen LogP) is 5.21. The lowest BCUT2D eigenvalue weighted by atomic mass is 9.42. The van der Waals surface area contributed by atoms with Gasteiger partial charge < -0.3 is 19.1 Å². The molecule has 0 amide bonds. The van der Waals surface area contributed by atoms with Crippen LogP contribution in [-0.2, 0) is 20.5 Å². The highest BCUT2D eigenvalue weighted by atomic mass is 16.7. The molecule has 6 nitrogen and oxygen atoms in total. The van der Waals surface area contributed by atoms with Crippen LogP contribution in [0.15, 0.2) is 97.2 Å². The van der Waals surface area contributed by atoms with Crippen molar-refractivity contribution < 1.29 is 19.1 Å². The van der Waals surface area contributed by atoms with Gasteiger partial charge in [-0.2, -0.15) is 0 Å². The Kier molecular flexibility index (Phi) is 5.90. The Labute approximate surface area is 254 Å². The van der Waals surface area contributed by atoms with Gasteiger partial charge in [0.15, 0.2) is 0 Å². The quantitative estimate of drug-likeness (QED) is 0.328. The van der Waals surface area contributed by atoms with Crippen LogP contribution in [0.25, 0.3) is 11.4 Å². The summed E-state index contributed by atoms with van der Waals surface area (Å²) in [5.41, 5.74) is 4.37. The first-order chi connectivity index (χ1) is 20.7. The zero-order valence-electron chi connectivity index (χ0n) is 25.4. The summed E-state index contributed by atoms with van der Waals surface area (Å²) in [5.74, 6) is 0.849. The molecule has 3 aliphatic carbocycles. The summed E-state index contributed by atoms with van der Waals surface area (Å²) in [6.07, 6.45) is 3.61. The van der Waals surface area contributed by atoms with Crippen LogP contribution in [0.3, 0.4) is 0 Å². The number of nitrogens with one attached hydrogen (secondary N) is 1. The van der Waals surface area contributed by atoms with E-state index in [4.69, 9.17) is 14.3 Å². The molecule has 2 N–H and O–H groups in total. The number of pyridine rings is 2. The first-order valence-corrected chi connectivity index (χ1v) is 15.9. The van der Waals surface area contributed by atoms with Crippen LogP contribution in [0.4, 0.5) is 0 Å². The van der Waals surface area contributed by atoms with E-state index < -0.39 is 18.1 Å². The van der Waals surface area contributed by atoms with Crippen LogP contribution < -0.4 is 4.81 Å². The van der Waals surface area contributed by atoms with E-state index in [0.717, 1.165) is 52.4 Å². The van der Waals surface area contributed by atoms with Crippen molar-refractivity contribution in [2.45, 2.75) is 63.7 Å². The molecule has 2 bridgehead atoms. The second-order valence-corrected chi connectivity index (χ2v) is 14.1. The zero-order valence-corrected chi connectivity index (χ0v) is 25.4. The number of nitrogens with zero attached hydrogens (tertiary/aromatic N) is 2. The Hall–Kier alpha value is -3.36. The minimum absolute atomic E-state index is 0.0249. The van der Waals surface area contributed by atoms with E-state index in [9.17, 15) is 5.02 Å². The maximum atomic E-state index is 12.9. The lowest BCUT2D eigenvalue weighted by molar-refractivity contribution is -0.853. The van der Waals surface area contributed by atoms with Gasteiger partial charge in [-0.3, -0.25) is 4.98 Å². The highest BCUT2D eigenvalue weighted by Gasteiger charge is 2.73. The van der Waals surface area contributed by atoms with Gasteiger partial charge in [0.05, 0.1) is 28.7 Å². The standard InChI is InChI=1S/C36H40BN3O3/c1-24(2)33-36(25-13-7-5-8-14-25,26-15-9-6-10-16-26)43-37(41)40(33)22-20-35(42-37)31-23-28(34(31,3)4)27-18-19-30(39-32(27)35)29-17-11-12-21-38-29/h5-19,21,24,28,31,33,40-41H,20,22-23H2,1-4H3/t28-,31-,33-,35+,37?/m1/s1. The van der Waals surface area contributed by atoms with E-state index in [2.05, 4.69) is 93.3 Å². The van der Waals surface area contributed by atoms with Gasteiger partial charge in [0, 0.05) is 25.1 Å². The van der Waals surface area contributed by atoms with E-state index in [-0.39, 0.29) is 23.3 Å². The monoisotopic (exact) mass is 573 g/mol. The smallest absolute Gasteiger partial charge is 0.500 e. The fraction of sp³-hybridized carbons (Fsp3) is 0.389. The van der Waals surface area contributed by atoms with Crippen LogP contribution in [0.5, 0.6) is 0 Å². The number of benzene rings is 2. The first-order valence-electron chi connectivity index (χ1n) is 15.9. The molecule has 4 heterocycles. The molecule has 1 spiro atoms. The third-order valence-corrected chi connectivity index (χ3v) is 11.3. The normalized spacial score (nSPS) is 33.1. The Morgan fingerprint density at radius 2 is 1.53 bits per heavy atom. The first kappa shape index (κ1) is 27.2. The maximum Gasteiger partial charge on any atom is 0.623 e. The van der Waals surface area contributed by atoms with Gasteiger partial charge in [0.2, 0.25) is 0 Å². The fourth-order valence-corrected chi connectivity index (χ4v) is 9.52. The summed E-state index contributed by atoms with van der Waals surface area (Å²) in [4.78, 5) is 10.9. The average Bonchev–Trinajstić information content (AvgIpc) is 3.31. The largest absolute Gasteiger partial charge is 0.623 e. The van der Waals surface area contributed by atoms with Crippen molar-refractivity contribution in [1.82, 2.24) is 9.97 Å². The van der Waals surface area contributed by atoms with Crippen molar-refractivity contribution in [3.05, 3.63) is 120 Å². The Balaban J connectivity index is 1.30. The minimum Gasteiger partial charge on any atom is -0.500 e. The SMILES string of the molecule is CC(C)[C@H]1[NH+]2CC[C@@]3(O[B-]2(O)OC1(c1ccccc1)c1ccccc1)c1nc(-c2ccccn2)ccc1[C@H]1C[C@@H]3C1(C)C. The van der Waals surface area contributed by atoms with Crippen molar-refractivity contribution in [3.8, 4) is 11.4 Å². The maximum absolute atomic E-state index is 12.9. The molecular weight excluding hydrogens is 533 g/mol. The van der Waals surface area contributed by atoms with Crippen molar-refractivity contribution >= 4 is 6.89 Å². The number of aromatic nitrogens is 2. The van der Waals surface area contributed by atoms with E-state index >= 15 is 0 Å². The Bertz CT molecular complexity index is 1630. The van der Waals surface area contributed by atoms with E-state index in [1.54, 1.807) is 0 Å². The van der Waals surface area contributed by atoms with Crippen LogP contribution in [0.2, 0.25) is 0 Å². The highest BCUT2D eigenvalue weighted by Crippen LogP contribution is 2.70. The van der Waals surface area contributed by atoms with Gasteiger partial charge in [0.25, 0.3) is 0 Å². The molecule has 7 heteroatoms. The van der Waals surface area contributed by atoms with Crippen LogP contribution in [0.1, 0.15) is 68.8 Å². The summed E-state index contributed by atoms with van der Waals surface area (Å²) in [7, 11) is 0. The number of hydrogen-bond donors (Lipinski definition) is 2. The molecule has 1 saturated carbocycles. The number of rotatable bonds is 4. The lowest BCUT2D eigenvalue weighted by Crippen LogP contribution is -3.27. The molecule has 220 valence electrons. The van der Waals surface area contributed by atoms with E-state index in [0.29, 0.717) is 5.92 Å². The molecule has 9 rings (SSSR count). The molecule has 2 unspecified atom stereocenters. The molecule has 2 aromatic carbocycles. The van der Waals surface area contributed by atoms with Crippen molar-refractivity contribution in [2.24, 2.45) is 17.3 Å². The van der Waals surface area contributed by atoms with Crippen molar-refractivity contribution in [3.63, 3.8) is 0 Å². The number of fused-ring (bicyclic) bond motifs is 1. The van der Waals surface area contributed by atoms with Crippen molar-refractivity contribution in [2.75, 3.05) is 6.54 Å². The lowest BCUT2D eigenvalue weighted by Gasteiger charge is -2.68. The van der Waals surface area contributed by atoms with Gasteiger partial charge in [-0.1, -0.05) is 100 Å². The van der Waals surface area contributed by atoms with Gasteiger partial charge in [-0.25, -0.2) is 4.98 Å². The average molecular weight is 574 g/mol. The highest BCUT2D eigenvalue weighted by molar-refractivity contribution is 6.50. The van der Waals surface area contributed by atoms with E-state index in [1.807, 2.05) is 36.5 Å². The third kappa shape index (κ3) is 3.63. The molecule has 5 aliphatic rings. The molecule has 6 atom stereocenters. The van der Waals surface area contributed by atoms with Crippen molar-refractivity contribution in [1.29, 1.82) is 0 Å².